The quantitative estimate of drug-likeness (QED) is 0.488. The molecule has 2 aromatic carbocycles. The van der Waals surface area contributed by atoms with Crippen LogP contribution in [0.4, 0.5) is 0 Å². The average molecular weight is 317 g/mol. The lowest BCUT2D eigenvalue weighted by Crippen LogP contribution is -2.24. The Bertz CT molecular complexity index is 482. The van der Waals surface area contributed by atoms with Gasteiger partial charge in [0.1, 0.15) is 0 Å². The number of hydrogen-bond donors (Lipinski definition) is 1. The third kappa shape index (κ3) is 5.82. The molecule has 0 aliphatic heterocycles. The highest BCUT2D eigenvalue weighted by atomic mass is 32.2. The van der Waals surface area contributed by atoms with Crippen molar-refractivity contribution in [2.24, 2.45) is 0 Å². The molecule has 0 aromatic heterocycles. The van der Waals surface area contributed by atoms with Crippen LogP contribution in [0, 0.1) is 0 Å². The van der Waals surface area contributed by atoms with E-state index in [-0.39, 0.29) is 7.92 Å². The highest BCUT2D eigenvalue weighted by molar-refractivity contribution is 8.00. The molecule has 2 aromatic rings. The Kier molecular flexibility index (Phi) is 6.29. The first-order valence-corrected chi connectivity index (χ1v) is 9.80. The summed E-state index contributed by atoms with van der Waals surface area (Å²) in [5.41, 5.74) is 0. The maximum Gasteiger partial charge on any atom is 0.0426 e. The van der Waals surface area contributed by atoms with E-state index in [1.54, 1.807) is 0 Å². The molecular weight excluding hydrogens is 293 g/mol. The summed E-state index contributed by atoms with van der Waals surface area (Å²) in [6.07, 6.45) is 1.03. The zero-order valence-electron chi connectivity index (χ0n) is 13.0. The van der Waals surface area contributed by atoms with Crippen LogP contribution in [0.15, 0.2) is 60.7 Å². The second-order valence-corrected chi connectivity index (χ2v) is 9.92. The molecule has 0 atom stereocenters. The number of nitrogens with one attached hydrogen (secondary N) is 1. The molecule has 0 bridgehead atoms. The highest BCUT2D eigenvalue weighted by Crippen LogP contribution is 2.32. The lowest BCUT2D eigenvalue weighted by Gasteiger charge is -2.22. The fourth-order valence-corrected chi connectivity index (χ4v) is 4.82. The van der Waals surface area contributed by atoms with Crippen molar-refractivity contribution in [2.75, 3.05) is 12.2 Å². The van der Waals surface area contributed by atoms with E-state index < -0.39 is 0 Å². The first-order chi connectivity index (χ1) is 10.1. The predicted octanol–water partition coefficient (Wildman–Crippen LogP) is 4.16. The molecule has 2 rings (SSSR count). The van der Waals surface area contributed by atoms with E-state index in [2.05, 4.69) is 86.8 Å². The minimum Gasteiger partial charge on any atom is -0.303 e. The summed E-state index contributed by atoms with van der Waals surface area (Å²) in [6, 6.07) is 21.7. The van der Waals surface area contributed by atoms with Gasteiger partial charge in [0.25, 0.3) is 0 Å². The lowest BCUT2D eigenvalue weighted by molar-refractivity contribution is 0.794. The average Bonchev–Trinajstić information content (AvgIpc) is 2.48. The number of hydrogen-bond acceptors (Lipinski definition) is 2. The van der Waals surface area contributed by atoms with Crippen molar-refractivity contribution in [3.05, 3.63) is 60.7 Å². The maximum atomic E-state index is 3.63. The summed E-state index contributed by atoms with van der Waals surface area (Å²) in [6.45, 7) is 6.78. The van der Waals surface area contributed by atoms with Crippen LogP contribution in [0.25, 0.3) is 0 Å². The monoisotopic (exact) mass is 317 g/mol. The minimum atomic E-state index is -0.323. The second kappa shape index (κ2) is 7.98. The molecule has 0 unspecified atom stereocenters. The lowest BCUT2D eigenvalue weighted by atomic mass is 10.3. The number of thioether (sulfide) groups is 1. The first-order valence-electron chi connectivity index (χ1n) is 7.28. The Morgan fingerprint density at radius 3 is 1.76 bits per heavy atom. The van der Waals surface area contributed by atoms with E-state index >= 15 is 0 Å². The SMILES string of the molecule is CC(C)(C)SCNCP(c1ccccc1)c1ccccc1. The van der Waals surface area contributed by atoms with E-state index in [1.165, 1.54) is 10.6 Å². The van der Waals surface area contributed by atoms with Crippen LogP contribution in [0.3, 0.4) is 0 Å². The second-order valence-electron chi connectivity index (χ2n) is 5.91. The largest absolute Gasteiger partial charge is 0.303 e. The van der Waals surface area contributed by atoms with Gasteiger partial charge in [-0.2, -0.15) is 0 Å². The van der Waals surface area contributed by atoms with Crippen LogP contribution in [0.1, 0.15) is 20.8 Å². The van der Waals surface area contributed by atoms with Gasteiger partial charge in [0.15, 0.2) is 0 Å². The van der Waals surface area contributed by atoms with Gasteiger partial charge in [-0.05, 0) is 18.5 Å². The molecule has 0 saturated heterocycles. The smallest absolute Gasteiger partial charge is 0.0426 e. The molecule has 3 heteroatoms. The van der Waals surface area contributed by atoms with E-state index in [0.29, 0.717) is 4.75 Å². The van der Waals surface area contributed by atoms with Crippen molar-refractivity contribution in [2.45, 2.75) is 25.5 Å². The van der Waals surface area contributed by atoms with Crippen molar-refractivity contribution >= 4 is 30.3 Å². The van der Waals surface area contributed by atoms with Gasteiger partial charge in [0, 0.05) is 16.9 Å². The van der Waals surface area contributed by atoms with Crippen molar-refractivity contribution in [3.63, 3.8) is 0 Å². The molecule has 21 heavy (non-hydrogen) atoms. The van der Waals surface area contributed by atoms with Gasteiger partial charge in [-0.1, -0.05) is 81.4 Å². The molecule has 112 valence electrons. The molecule has 1 N–H and O–H groups in total. The van der Waals surface area contributed by atoms with Gasteiger partial charge in [-0.25, -0.2) is 0 Å². The van der Waals surface area contributed by atoms with Crippen molar-refractivity contribution in [1.29, 1.82) is 0 Å². The van der Waals surface area contributed by atoms with E-state index in [9.17, 15) is 0 Å². The van der Waals surface area contributed by atoms with Gasteiger partial charge in [0.2, 0.25) is 0 Å². The third-order valence-electron chi connectivity index (χ3n) is 3.01. The molecule has 0 radical (unpaired) electrons. The molecule has 0 aliphatic carbocycles. The maximum absolute atomic E-state index is 3.63. The Morgan fingerprint density at radius 1 is 0.857 bits per heavy atom. The molecule has 0 heterocycles. The molecule has 0 fully saturated rings. The summed E-state index contributed by atoms with van der Waals surface area (Å²) in [5.74, 6) is 1.00. The van der Waals surface area contributed by atoms with Crippen LogP contribution in [-0.2, 0) is 0 Å². The topological polar surface area (TPSA) is 12.0 Å². The normalized spacial score (nSPS) is 11.8. The fourth-order valence-electron chi connectivity index (χ4n) is 1.97. The summed E-state index contributed by atoms with van der Waals surface area (Å²) in [4.78, 5) is 0. The van der Waals surface area contributed by atoms with Crippen LogP contribution in [-0.4, -0.2) is 16.9 Å². The van der Waals surface area contributed by atoms with Crippen molar-refractivity contribution < 1.29 is 0 Å². The zero-order chi connectivity index (χ0) is 15.1. The summed E-state index contributed by atoms with van der Waals surface area (Å²) < 4.78 is 0.315. The number of benzene rings is 2. The minimum absolute atomic E-state index is 0.315. The molecule has 0 spiro atoms. The van der Waals surface area contributed by atoms with Crippen LogP contribution in [0.2, 0.25) is 0 Å². The summed E-state index contributed by atoms with van der Waals surface area (Å²) >= 11 is 1.97. The van der Waals surface area contributed by atoms with Gasteiger partial charge in [-0.15, -0.1) is 11.8 Å². The fraction of sp³-hybridized carbons (Fsp3) is 0.333. The van der Waals surface area contributed by atoms with Crippen LogP contribution >= 0.6 is 19.7 Å². The van der Waals surface area contributed by atoms with Crippen LogP contribution < -0.4 is 15.9 Å². The number of rotatable bonds is 6. The standard InChI is InChI=1S/C18H24NPS/c1-18(2,3)21-15-19-14-20(16-10-6-4-7-11-16)17-12-8-5-9-13-17/h4-13,19H,14-15H2,1-3H3. The molecule has 0 amide bonds. The van der Waals surface area contributed by atoms with Gasteiger partial charge in [0.05, 0.1) is 0 Å². The van der Waals surface area contributed by atoms with Gasteiger partial charge in [-0.3, -0.25) is 0 Å². The van der Waals surface area contributed by atoms with Crippen molar-refractivity contribution in [1.82, 2.24) is 5.32 Å². The Morgan fingerprint density at radius 2 is 1.33 bits per heavy atom. The highest BCUT2D eigenvalue weighted by Gasteiger charge is 2.14. The Balaban J connectivity index is 2.04. The molecule has 0 saturated carbocycles. The van der Waals surface area contributed by atoms with E-state index in [1.807, 2.05) is 11.8 Å². The van der Waals surface area contributed by atoms with Crippen LogP contribution in [0.5, 0.6) is 0 Å². The molecule has 1 nitrogen and oxygen atoms in total. The van der Waals surface area contributed by atoms with Gasteiger partial charge < -0.3 is 5.32 Å². The first kappa shape index (κ1) is 16.5. The summed E-state index contributed by atoms with van der Waals surface area (Å²) in [7, 11) is -0.323. The van der Waals surface area contributed by atoms with E-state index in [4.69, 9.17) is 0 Å². The molecule has 0 aliphatic rings. The molecular formula is C18H24NPS. The van der Waals surface area contributed by atoms with Crippen molar-refractivity contribution in [3.8, 4) is 0 Å². The third-order valence-corrected chi connectivity index (χ3v) is 6.61. The van der Waals surface area contributed by atoms with E-state index in [0.717, 1.165) is 12.2 Å². The van der Waals surface area contributed by atoms with Gasteiger partial charge >= 0.3 is 0 Å². The predicted molar refractivity (Wildman–Crippen MR) is 99.3 cm³/mol. The Labute approximate surface area is 134 Å². The summed E-state index contributed by atoms with van der Waals surface area (Å²) in [5, 5.41) is 6.50. The Hall–Kier alpha value is -0.820. The zero-order valence-corrected chi connectivity index (χ0v) is 14.8.